The highest BCUT2D eigenvalue weighted by Gasteiger charge is 2.13. The van der Waals surface area contributed by atoms with Crippen LogP contribution in [0.4, 0.5) is 4.39 Å². The molecule has 0 saturated carbocycles. The summed E-state index contributed by atoms with van der Waals surface area (Å²) in [5, 5.41) is 0. The maximum Gasteiger partial charge on any atom is 0.255 e. The number of halogens is 1. The molecule has 0 bridgehead atoms. The van der Waals surface area contributed by atoms with E-state index in [9.17, 15) is 17.6 Å². The van der Waals surface area contributed by atoms with E-state index in [0.717, 1.165) is 11.8 Å². The van der Waals surface area contributed by atoms with Crippen molar-refractivity contribution in [2.45, 2.75) is 0 Å². The maximum atomic E-state index is 13.0. The molecule has 0 spiro atoms. The van der Waals surface area contributed by atoms with E-state index >= 15 is 0 Å². The molecule has 0 aliphatic carbocycles. The van der Waals surface area contributed by atoms with Gasteiger partial charge in [0.1, 0.15) is 5.82 Å². The van der Waals surface area contributed by atoms with Crippen molar-refractivity contribution in [3.05, 3.63) is 54.1 Å². The molecular formula is C16H18FN3O3S. The number of rotatable bonds is 6. The number of carbonyl (C=O) groups excluding carboxylic acids is 1. The topological polar surface area (TPSA) is 79.4 Å². The first-order chi connectivity index (χ1) is 11.3. The first-order valence-electron chi connectivity index (χ1n) is 7.17. The standard InChI is InChI=1S/C16H18FN3O3S/c1-20(8-7-19-24(2,22)23)16(21)14-9-13(10-18-11-14)12-3-5-15(17)6-4-12/h3-6,9-11,19H,7-8H2,1-2H3. The zero-order valence-electron chi connectivity index (χ0n) is 13.4. The number of hydrogen-bond donors (Lipinski definition) is 1. The van der Waals surface area contributed by atoms with Crippen molar-refractivity contribution in [1.29, 1.82) is 0 Å². The van der Waals surface area contributed by atoms with Gasteiger partial charge in [-0.2, -0.15) is 0 Å². The zero-order chi connectivity index (χ0) is 17.7. The summed E-state index contributed by atoms with van der Waals surface area (Å²) in [6.07, 6.45) is 4.09. The first kappa shape index (κ1) is 18.0. The van der Waals surface area contributed by atoms with Crippen molar-refractivity contribution in [2.24, 2.45) is 0 Å². The Morgan fingerprint density at radius 2 is 1.88 bits per heavy atom. The molecule has 0 unspecified atom stereocenters. The monoisotopic (exact) mass is 351 g/mol. The van der Waals surface area contributed by atoms with E-state index in [1.807, 2.05) is 0 Å². The number of hydrogen-bond acceptors (Lipinski definition) is 4. The van der Waals surface area contributed by atoms with Gasteiger partial charge in [-0.25, -0.2) is 17.5 Å². The second-order valence-corrected chi connectivity index (χ2v) is 7.20. The van der Waals surface area contributed by atoms with E-state index in [1.54, 1.807) is 31.4 Å². The van der Waals surface area contributed by atoms with Gasteiger partial charge in [-0.15, -0.1) is 0 Å². The average molecular weight is 351 g/mol. The molecule has 1 amide bonds. The molecule has 2 rings (SSSR count). The van der Waals surface area contributed by atoms with Gasteiger partial charge in [0, 0.05) is 38.1 Å². The molecule has 0 saturated heterocycles. The quantitative estimate of drug-likeness (QED) is 0.856. The molecule has 0 radical (unpaired) electrons. The fourth-order valence-corrected chi connectivity index (χ4v) is 2.54. The van der Waals surface area contributed by atoms with Crippen LogP contribution < -0.4 is 4.72 Å². The summed E-state index contributed by atoms with van der Waals surface area (Å²) in [6, 6.07) is 7.57. The first-order valence-corrected chi connectivity index (χ1v) is 9.06. The van der Waals surface area contributed by atoms with Crippen molar-refractivity contribution in [3.63, 3.8) is 0 Å². The van der Waals surface area contributed by atoms with Crippen LogP contribution in [0, 0.1) is 5.82 Å². The summed E-state index contributed by atoms with van der Waals surface area (Å²) in [5.41, 5.74) is 1.82. The molecule has 1 N–H and O–H groups in total. The van der Waals surface area contributed by atoms with Gasteiger partial charge >= 0.3 is 0 Å². The van der Waals surface area contributed by atoms with Crippen molar-refractivity contribution in [2.75, 3.05) is 26.4 Å². The Labute approximate surface area is 140 Å². The lowest BCUT2D eigenvalue weighted by Gasteiger charge is -2.17. The Morgan fingerprint density at radius 3 is 2.50 bits per heavy atom. The number of carbonyl (C=O) groups is 1. The third-order valence-corrected chi connectivity index (χ3v) is 4.05. The van der Waals surface area contributed by atoms with Crippen molar-refractivity contribution >= 4 is 15.9 Å². The summed E-state index contributed by atoms with van der Waals surface area (Å²) >= 11 is 0. The normalized spacial score (nSPS) is 11.3. The Bertz CT molecular complexity index is 823. The van der Waals surface area contributed by atoms with Crippen LogP contribution in [0.1, 0.15) is 10.4 Å². The van der Waals surface area contributed by atoms with Crippen LogP contribution >= 0.6 is 0 Å². The smallest absolute Gasteiger partial charge is 0.255 e. The molecule has 24 heavy (non-hydrogen) atoms. The molecule has 8 heteroatoms. The predicted octanol–water partition coefficient (Wildman–Crippen LogP) is 1.51. The minimum atomic E-state index is -3.29. The van der Waals surface area contributed by atoms with Crippen molar-refractivity contribution in [3.8, 4) is 11.1 Å². The lowest BCUT2D eigenvalue weighted by molar-refractivity contribution is 0.0797. The van der Waals surface area contributed by atoms with Gasteiger partial charge in [0.15, 0.2) is 0 Å². The molecule has 0 fully saturated rings. The average Bonchev–Trinajstić information content (AvgIpc) is 2.53. The zero-order valence-corrected chi connectivity index (χ0v) is 14.2. The highest BCUT2D eigenvalue weighted by Crippen LogP contribution is 2.20. The Kier molecular flexibility index (Phi) is 5.63. The maximum absolute atomic E-state index is 13.0. The SMILES string of the molecule is CN(CCNS(C)(=O)=O)C(=O)c1cncc(-c2ccc(F)cc2)c1. The molecule has 2 aromatic rings. The Morgan fingerprint density at radius 1 is 1.21 bits per heavy atom. The van der Waals surface area contributed by atoms with E-state index < -0.39 is 10.0 Å². The van der Waals surface area contributed by atoms with E-state index in [0.29, 0.717) is 11.1 Å². The predicted molar refractivity (Wildman–Crippen MR) is 89.4 cm³/mol. The molecule has 0 aliphatic heterocycles. The fourth-order valence-electron chi connectivity index (χ4n) is 2.08. The fraction of sp³-hybridized carbons (Fsp3) is 0.250. The summed E-state index contributed by atoms with van der Waals surface area (Å²) in [5.74, 6) is -0.612. The van der Waals surface area contributed by atoms with Gasteiger partial charge in [-0.3, -0.25) is 9.78 Å². The highest BCUT2D eigenvalue weighted by molar-refractivity contribution is 7.88. The van der Waals surface area contributed by atoms with Crippen LogP contribution in [0.5, 0.6) is 0 Å². The number of likely N-dealkylation sites (N-methyl/N-ethyl adjacent to an activating group) is 1. The highest BCUT2D eigenvalue weighted by atomic mass is 32.2. The van der Waals surface area contributed by atoms with Crippen LogP contribution in [0.2, 0.25) is 0 Å². The molecule has 0 atom stereocenters. The molecule has 6 nitrogen and oxygen atoms in total. The summed E-state index contributed by atoms with van der Waals surface area (Å²) in [6.45, 7) is 0.360. The lowest BCUT2D eigenvalue weighted by atomic mass is 10.1. The summed E-state index contributed by atoms with van der Waals surface area (Å²) < 4.78 is 37.4. The van der Waals surface area contributed by atoms with Crippen LogP contribution in [-0.4, -0.2) is 50.6 Å². The van der Waals surface area contributed by atoms with E-state index in [2.05, 4.69) is 9.71 Å². The van der Waals surface area contributed by atoms with Gasteiger partial charge in [0.05, 0.1) is 11.8 Å². The molecular weight excluding hydrogens is 333 g/mol. The van der Waals surface area contributed by atoms with Crippen LogP contribution in [0.15, 0.2) is 42.7 Å². The van der Waals surface area contributed by atoms with Crippen LogP contribution in [0.25, 0.3) is 11.1 Å². The number of amides is 1. The van der Waals surface area contributed by atoms with Gasteiger partial charge in [-0.05, 0) is 23.8 Å². The van der Waals surface area contributed by atoms with Crippen molar-refractivity contribution < 1.29 is 17.6 Å². The Hall–Kier alpha value is -2.32. The number of benzene rings is 1. The second-order valence-electron chi connectivity index (χ2n) is 5.36. The van der Waals surface area contributed by atoms with Gasteiger partial charge in [0.25, 0.3) is 5.91 Å². The summed E-state index contributed by atoms with van der Waals surface area (Å²) in [4.78, 5) is 17.8. The number of pyridine rings is 1. The summed E-state index contributed by atoms with van der Waals surface area (Å²) in [7, 11) is -1.71. The lowest BCUT2D eigenvalue weighted by Crippen LogP contribution is -2.35. The number of nitrogens with one attached hydrogen (secondary N) is 1. The minimum absolute atomic E-state index is 0.131. The van der Waals surface area contributed by atoms with Gasteiger partial charge < -0.3 is 4.90 Å². The number of sulfonamides is 1. The Balaban J connectivity index is 2.09. The van der Waals surface area contributed by atoms with Gasteiger partial charge in [0.2, 0.25) is 10.0 Å². The van der Waals surface area contributed by atoms with Crippen molar-refractivity contribution in [1.82, 2.24) is 14.6 Å². The van der Waals surface area contributed by atoms with E-state index in [1.165, 1.54) is 23.2 Å². The van der Waals surface area contributed by atoms with E-state index in [-0.39, 0.29) is 24.8 Å². The molecule has 1 aromatic heterocycles. The molecule has 1 heterocycles. The van der Waals surface area contributed by atoms with Crippen LogP contribution in [-0.2, 0) is 10.0 Å². The van der Waals surface area contributed by atoms with E-state index in [4.69, 9.17) is 0 Å². The third-order valence-electron chi connectivity index (χ3n) is 3.32. The number of nitrogens with zero attached hydrogens (tertiary/aromatic N) is 2. The molecule has 0 aliphatic rings. The minimum Gasteiger partial charge on any atom is -0.340 e. The largest absolute Gasteiger partial charge is 0.340 e. The third kappa shape index (κ3) is 5.10. The van der Waals surface area contributed by atoms with Gasteiger partial charge in [-0.1, -0.05) is 12.1 Å². The molecule has 128 valence electrons. The number of aromatic nitrogens is 1. The van der Waals surface area contributed by atoms with Crippen LogP contribution in [0.3, 0.4) is 0 Å². The molecule has 1 aromatic carbocycles. The second kappa shape index (κ2) is 7.50.